The first-order valence-corrected chi connectivity index (χ1v) is 16.6. The van der Waals surface area contributed by atoms with Gasteiger partial charge in [0.25, 0.3) is 5.91 Å². The number of ether oxygens (including phenoxy) is 1. The van der Waals surface area contributed by atoms with Gasteiger partial charge in [-0.1, -0.05) is 25.1 Å². The molecule has 1 heterocycles. The second-order valence-corrected chi connectivity index (χ2v) is 11.5. The molecule has 0 aromatic heterocycles. The predicted octanol–water partition coefficient (Wildman–Crippen LogP) is 6.81. The van der Waals surface area contributed by atoms with Crippen molar-refractivity contribution in [1.82, 2.24) is 9.89 Å². The molecule has 0 spiro atoms. The fourth-order valence-electron chi connectivity index (χ4n) is 6.01. The van der Waals surface area contributed by atoms with E-state index in [1.807, 2.05) is 18.2 Å². The summed E-state index contributed by atoms with van der Waals surface area (Å²) < 4.78 is 14.7. The van der Waals surface area contributed by atoms with Gasteiger partial charge in [0.1, 0.15) is 24.4 Å². The lowest BCUT2D eigenvalue weighted by Crippen LogP contribution is -2.30. The molecule has 8 nitrogen and oxygen atoms in total. The molecule has 0 fully saturated rings. The molecule has 0 bridgehead atoms. The van der Waals surface area contributed by atoms with E-state index in [0.717, 1.165) is 77.1 Å². The van der Waals surface area contributed by atoms with Gasteiger partial charge in [0.2, 0.25) is 5.36 Å². The third-order valence-corrected chi connectivity index (χ3v) is 8.49. The third-order valence-electron chi connectivity index (χ3n) is 8.49. The molecule has 1 amide bonds. The van der Waals surface area contributed by atoms with E-state index in [4.69, 9.17) is 14.9 Å². The summed E-state index contributed by atoms with van der Waals surface area (Å²) in [5, 5.41) is 4.89. The fourth-order valence-corrected chi connectivity index (χ4v) is 6.01. The minimum Gasteiger partial charge on any atom is -0.462 e. The predicted molar refractivity (Wildman–Crippen MR) is 191 cm³/mol. The summed E-state index contributed by atoms with van der Waals surface area (Å²) in [4.78, 5) is 28.3. The van der Waals surface area contributed by atoms with Gasteiger partial charge in [-0.15, -0.1) is 0 Å². The van der Waals surface area contributed by atoms with E-state index in [1.165, 1.54) is 0 Å². The molecule has 3 aromatic rings. The molecular formula is C39H45N4O4+. The first kappa shape index (κ1) is 33.3. The molecule has 1 aliphatic heterocycles. The Morgan fingerprint density at radius 1 is 0.894 bits per heavy atom. The molecule has 0 radical (unpaired) electrons. The van der Waals surface area contributed by atoms with Crippen molar-refractivity contribution in [3.63, 3.8) is 0 Å². The van der Waals surface area contributed by atoms with Crippen LogP contribution in [-0.2, 0) is 4.74 Å². The molecule has 3 aromatic carbocycles. The number of nitrogens with zero attached hydrogens (tertiary/aromatic N) is 2. The topological polar surface area (TPSA) is 101 Å². The van der Waals surface area contributed by atoms with Crippen molar-refractivity contribution in [2.75, 3.05) is 50.0 Å². The van der Waals surface area contributed by atoms with Crippen LogP contribution in [-0.4, -0.2) is 51.2 Å². The molecule has 8 heteroatoms. The van der Waals surface area contributed by atoms with Crippen LogP contribution >= 0.6 is 0 Å². The van der Waals surface area contributed by atoms with Gasteiger partial charge in [-0.05, 0) is 81.3 Å². The van der Waals surface area contributed by atoms with Gasteiger partial charge in [0.15, 0.2) is 0 Å². The van der Waals surface area contributed by atoms with Crippen molar-refractivity contribution < 1.29 is 18.7 Å². The van der Waals surface area contributed by atoms with E-state index in [0.29, 0.717) is 29.8 Å². The fraction of sp³-hybridized carbons (Fsp3) is 0.308. The molecule has 0 saturated carbocycles. The largest absolute Gasteiger partial charge is 0.462 e. The van der Waals surface area contributed by atoms with Crippen molar-refractivity contribution >= 4 is 34.2 Å². The summed E-state index contributed by atoms with van der Waals surface area (Å²) in [7, 11) is 0. The number of hydrogen-bond acceptors (Lipinski definition) is 6. The Morgan fingerprint density at radius 3 is 2.38 bits per heavy atom. The van der Waals surface area contributed by atoms with Gasteiger partial charge >= 0.3 is 5.97 Å². The number of amides is 1. The van der Waals surface area contributed by atoms with Crippen molar-refractivity contribution in [2.24, 2.45) is 0 Å². The number of esters is 1. The van der Waals surface area contributed by atoms with Gasteiger partial charge in [0.05, 0.1) is 18.2 Å². The maximum atomic E-state index is 13.6. The summed E-state index contributed by atoms with van der Waals surface area (Å²) in [5.41, 5.74) is 11.8. The molecule has 244 valence electrons. The third kappa shape index (κ3) is 7.49. The normalized spacial score (nSPS) is 11.8. The average Bonchev–Trinajstić information content (AvgIpc) is 3.09. The van der Waals surface area contributed by atoms with Gasteiger partial charge in [0, 0.05) is 71.6 Å². The van der Waals surface area contributed by atoms with Crippen molar-refractivity contribution in [3.8, 4) is 22.5 Å². The molecule has 3 N–H and O–H groups in total. The Kier molecular flexibility index (Phi) is 10.9. The summed E-state index contributed by atoms with van der Waals surface area (Å²) in [6, 6.07) is 27.0. The highest BCUT2D eigenvalue weighted by Gasteiger charge is 2.23. The zero-order valence-corrected chi connectivity index (χ0v) is 27.8. The van der Waals surface area contributed by atoms with E-state index >= 15 is 0 Å². The first-order chi connectivity index (χ1) is 22.9. The Labute approximate surface area is 276 Å². The van der Waals surface area contributed by atoms with Crippen LogP contribution in [0, 0.1) is 0 Å². The summed E-state index contributed by atoms with van der Waals surface area (Å²) in [6.07, 6.45) is 1.52. The van der Waals surface area contributed by atoms with Crippen LogP contribution in [0.1, 0.15) is 61.3 Å². The van der Waals surface area contributed by atoms with E-state index < -0.39 is 5.97 Å². The quantitative estimate of drug-likeness (QED) is 0.0486. The zero-order valence-electron chi connectivity index (χ0n) is 27.8. The summed E-state index contributed by atoms with van der Waals surface area (Å²) in [6.45, 7) is 12.8. The monoisotopic (exact) mass is 633 g/mol. The molecule has 47 heavy (non-hydrogen) atoms. The smallest absolute Gasteiger partial charge is 0.338 e. The van der Waals surface area contributed by atoms with Crippen molar-refractivity contribution in [3.05, 3.63) is 101 Å². The average molecular weight is 634 g/mol. The highest BCUT2D eigenvalue weighted by molar-refractivity contribution is 6.08. The van der Waals surface area contributed by atoms with Crippen LogP contribution in [0.4, 0.5) is 11.4 Å². The van der Waals surface area contributed by atoms with E-state index in [-0.39, 0.29) is 12.5 Å². The van der Waals surface area contributed by atoms with Crippen molar-refractivity contribution in [1.29, 1.82) is 0 Å². The zero-order chi connectivity index (χ0) is 33.3. The van der Waals surface area contributed by atoms with Crippen LogP contribution < -0.4 is 25.9 Å². The number of hydrogen-bond donors (Lipinski definition) is 2. The Morgan fingerprint density at radius 2 is 1.66 bits per heavy atom. The Bertz CT molecular complexity index is 1890. The number of nitrogen functional groups attached to an aromatic ring is 1. The number of fused-ring (bicyclic) bond motifs is 2. The first-order valence-electron chi connectivity index (χ1n) is 16.6. The van der Waals surface area contributed by atoms with Gasteiger partial charge in [-0.3, -0.25) is 4.79 Å². The molecule has 0 unspecified atom stereocenters. The SMILES string of the molecule is CCC/[N+](CC)=c1\ccc2c(-c3ccccc3C(=O)OCCCNC(=O)c3ccc(N)cc3)c3ccc(N(CC)CC)cc3oc-2c1. The van der Waals surface area contributed by atoms with Crippen LogP contribution in [0.5, 0.6) is 0 Å². The van der Waals surface area contributed by atoms with Crippen LogP contribution in [0.2, 0.25) is 0 Å². The highest BCUT2D eigenvalue weighted by Crippen LogP contribution is 2.42. The van der Waals surface area contributed by atoms with Gasteiger partial charge in [-0.2, -0.15) is 0 Å². The number of nitrogens with one attached hydrogen (secondary N) is 1. The number of carbonyl (C=O) groups excluding carboxylic acids is 2. The molecule has 2 aliphatic rings. The minimum absolute atomic E-state index is 0.168. The maximum Gasteiger partial charge on any atom is 0.338 e. The number of anilines is 2. The lowest BCUT2D eigenvalue weighted by molar-refractivity contribution is 0.0502. The lowest BCUT2D eigenvalue weighted by atomic mass is 9.90. The Hall–Kier alpha value is -5.11. The molecule has 0 saturated heterocycles. The maximum absolute atomic E-state index is 13.6. The number of carbonyl (C=O) groups is 2. The number of rotatable bonds is 13. The standard InChI is InChI=1S/C39H44N4O4/c1-5-23-43(8-4)30-19-21-34-36(26-30)47-35-25-29(42(6-2)7-3)18-20-33(35)37(34)31-12-9-10-13-32(31)39(45)46-24-11-22-41-38(44)27-14-16-28(40)17-15-27/h9-10,12-21,25-26H,5-8,11,22-24H2,1-4H3,(H2-,40,41,44)/p+1. The second-order valence-electron chi connectivity index (χ2n) is 11.5. The number of benzene rings is 4. The lowest BCUT2D eigenvalue weighted by Gasteiger charge is -2.22. The Balaban J connectivity index is 1.48. The van der Waals surface area contributed by atoms with Crippen LogP contribution in [0.15, 0.2) is 89.3 Å². The molecule has 0 atom stereocenters. The number of nitrogens with two attached hydrogens (primary N) is 1. The van der Waals surface area contributed by atoms with Crippen LogP contribution in [0.25, 0.3) is 33.4 Å². The highest BCUT2D eigenvalue weighted by atomic mass is 16.5. The summed E-state index contributed by atoms with van der Waals surface area (Å²) in [5.74, 6) is 0.152. The molecular weight excluding hydrogens is 588 g/mol. The molecule has 1 aliphatic carbocycles. The van der Waals surface area contributed by atoms with Crippen LogP contribution in [0.3, 0.4) is 0 Å². The van der Waals surface area contributed by atoms with E-state index in [9.17, 15) is 9.59 Å². The van der Waals surface area contributed by atoms with Crippen molar-refractivity contribution in [2.45, 2.75) is 40.5 Å². The van der Waals surface area contributed by atoms with Gasteiger partial charge in [-0.25, -0.2) is 9.37 Å². The molecule has 5 rings (SSSR count). The van der Waals surface area contributed by atoms with E-state index in [2.05, 4.69) is 78.9 Å². The van der Waals surface area contributed by atoms with E-state index in [1.54, 1.807) is 30.3 Å². The summed E-state index contributed by atoms with van der Waals surface area (Å²) >= 11 is 0. The van der Waals surface area contributed by atoms with Gasteiger partial charge < -0.3 is 25.1 Å². The second kappa shape index (κ2) is 15.5. The minimum atomic E-state index is -0.413.